The maximum atomic E-state index is 6.01. The molecule has 0 saturated heterocycles. The van der Waals surface area contributed by atoms with Crippen LogP contribution >= 0.6 is 0 Å². The van der Waals surface area contributed by atoms with E-state index in [1.807, 2.05) is 0 Å². The van der Waals surface area contributed by atoms with E-state index in [0.29, 0.717) is 0 Å². The average molecular weight is 234 g/mol. The molecule has 17 heavy (non-hydrogen) atoms. The quantitative estimate of drug-likeness (QED) is 0.622. The van der Waals surface area contributed by atoms with Crippen LogP contribution in [-0.4, -0.2) is 6.61 Å². The predicted octanol–water partition coefficient (Wildman–Crippen LogP) is 4.69. The lowest BCUT2D eigenvalue weighted by atomic mass is 10.0. The number of hydrogen-bond donors (Lipinski definition) is 0. The van der Waals surface area contributed by atoms with Crippen LogP contribution in [0.5, 0.6) is 5.75 Å². The predicted molar refractivity (Wildman–Crippen MR) is 75.0 cm³/mol. The summed E-state index contributed by atoms with van der Waals surface area (Å²) in [4.78, 5) is 0. The minimum Gasteiger partial charge on any atom is -0.493 e. The van der Waals surface area contributed by atoms with Crippen molar-refractivity contribution in [3.05, 3.63) is 28.8 Å². The van der Waals surface area contributed by atoms with Crippen molar-refractivity contribution in [1.29, 1.82) is 0 Å². The van der Waals surface area contributed by atoms with Crippen molar-refractivity contribution in [2.24, 2.45) is 0 Å². The van der Waals surface area contributed by atoms with Gasteiger partial charge >= 0.3 is 0 Å². The summed E-state index contributed by atoms with van der Waals surface area (Å²) in [5.41, 5.74) is 4.07. The third-order valence-electron chi connectivity index (χ3n) is 3.14. The summed E-state index contributed by atoms with van der Waals surface area (Å²) in [6, 6.07) is 4.52. The van der Waals surface area contributed by atoms with Gasteiger partial charge in [0, 0.05) is 0 Å². The van der Waals surface area contributed by atoms with Crippen LogP contribution in [-0.2, 0) is 12.8 Å². The Kier molecular flexibility index (Phi) is 6.10. The monoisotopic (exact) mass is 234 g/mol. The molecule has 0 heterocycles. The second-order valence-corrected chi connectivity index (χ2v) is 4.67. The Labute approximate surface area is 106 Å². The lowest BCUT2D eigenvalue weighted by Crippen LogP contribution is -2.03. The van der Waals surface area contributed by atoms with E-state index in [0.717, 1.165) is 31.6 Å². The van der Waals surface area contributed by atoms with E-state index in [4.69, 9.17) is 4.74 Å². The molecule has 1 nitrogen and oxygen atoms in total. The molecule has 0 amide bonds. The molecule has 0 N–H and O–H groups in total. The second-order valence-electron chi connectivity index (χ2n) is 4.67. The van der Waals surface area contributed by atoms with Crippen LogP contribution in [0.15, 0.2) is 12.1 Å². The maximum Gasteiger partial charge on any atom is 0.125 e. The lowest BCUT2D eigenvalue weighted by Gasteiger charge is -2.15. The average Bonchev–Trinajstić information content (AvgIpc) is 2.35. The number of aryl methyl sites for hydroxylation is 3. The van der Waals surface area contributed by atoms with E-state index < -0.39 is 0 Å². The van der Waals surface area contributed by atoms with Crippen molar-refractivity contribution >= 4 is 0 Å². The lowest BCUT2D eigenvalue weighted by molar-refractivity contribution is 0.300. The molecule has 0 aliphatic heterocycles. The van der Waals surface area contributed by atoms with Crippen molar-refractivity contribution in [3.8, 4) is 5.75 Å². The fourth-order valence-corrected chi connectivity index (χ4v) is 2.17. The normalized spacial score (nSPS) is 10.6. The van der Waals surface area contributed by atoms with E-state index in [1.54, 1.807) is 0 Å². The first kappa shape index (κ1) is 14.1. The third kappa shape index (κ3) is 4.07. The van der Waals surface area contributed by atoms with Gasteiger partial charge < -0.3 is 4.74 Å². The van der Waals surface area contributed by atoms with Gasteiger partial charge in [0.05, 0.1) is 6.61 Å². The van der Waals surface area contributed by atoms with Crippen molar-refractivity contribution in [3.63, 3.8) is 0 Å². The first-order valence-corrected chi connectivity index (χ1v) is 6.98. The SMILES string of the molecule is CCCCCOc1c(CC)cc(C)cc1CC. The van der Waals surface area contributed by atoms with Crippen molar-refractivity contribution in [1.82, 2.24) is 0 Å². The van der Waals surface area contributed by atoms with Crippen LogP contribution in [0.4, 0.5) is 0 Å². The van der Waals surface area contributed by atoms with E-state index in [-0.39, 0.29) is 0 Å². The molecule has 0 unspecified atom stereocenters. The topological polar surface area (TPSA) is 9.23 Å². The molecule has 0 bridgehead atoms. The minimum atomic E-state index is 0.858. The molecule has 0 atom stereocenters. The molecule has 0 aliphatic carbocycles. The van der Waals surface area contributed by atoms with Gasteiger partial charge in [-0.05, 0) is 37.3 Å². The zero-order valence-corrected chi connectivity index (χ0v) is 11.8. The van der Waals surface area contributed by atoms with Crippen LogP contribution in [0.1, 0.15) is 56.7 Å². The van der Waals surface area contributed by atoms with Gasteiger partial charge in [-0.1, -0.05) is 51.3 Å². The first-order valence-electron chi connectivity index (χ1n) is 6.98. The summed E-state index contributed by atoms with van der Waals surface area (Å²) >= 11 is 0. The van der Waals surface area contributed by atoms with Gasteiger partial charge in [-0.2, -0.15) is 0 Å². The highest BCUT2D eigenvalue weighted by Crippen LogP contribution is 2.27. The summed E-state index contributed by atoms with van der Waals surface area (Å²) < 4.78 is 6.01. The molecule has 1 heteroatoms. The highest BCUT2D eigenvalue weighted by molar-refractivity contribution is 5.44. The molecular weight excluding hydrogens is 208 g/mol. The molecule has 0 aliphatic rings. The Morgan fingerprint density at radius 3 is 2.00 bits per heavy atom. The van der Waals surface area contributed by atoms with Crippen molar-refractivity contribution in [2.75, 3.05) is 6.61 Å². The Morgan fingerprint density at radius 2 is 1.53 bits per heavy atom. The Balaban J connectivity index is 2.79. The van der Waals surface area contributed by atoms with Gasteiger partial charge in [0.1, 0.15) is 5.75 Å². The highest BCUT2D eigenvalue weighted by Gasteiger charge is 2.08. The number of rotatable bonds is 7. The number of benzene rings is 1. The van der Waals surface area contributed by atoms with Gasteiger partial charge in [-0.15, -0.1) is 0 Å². The van der Waals surface area contributed by atoms with Gasteiger partial charge in [-0.3, -0.25) is 0 Å². The smallest absolute Gasteiger partial charge is 0.125 e. The van der Waals surface area contributed by atoms with Gasteiger partial charge in [0.15, 0.2) is 0 Å². The Bertz CT molecular complexity index is 316. The Morgan fingerprint density at radius 1 is 0.941 bits per heavy atom. The zero-order valence-electron chi connectivity index (χ0n) is 11.8. The number of hydrogen-bond acceptors (Lipinski definition) is 1. The molecule has 1 rings (SSSR count). The molecule has 0 aromatic heterocycles. The van der Waals surface area contributed by atoms with Crippen LogP contribution in [0.2, 0.25) is 0 Å². The summed E-state index contributed by atoms with van der Waals surface area (Å²) in [7, 11) is 0. The zero-order chi connectivity index (χ0) is 12.7. The fourth-order valence-electron chi connectivity index (χ4n) is 2.17. The van der Waals surface area contributed by atoms with E-state index in [9.17, 15) is 0 Å². The third-order valence-corrected chi connectivity index (χ3v) is 3.14. The summed E-state index contributed by atoms with van der Waals surface area (Å²) in [6.45, 7) is 9.65. The Hall–Kier alpha value is -0.980. The summed E-state index contributed by atoms with van der Waals surface area (Å²) in [6.07, 6.45) is 5.78. The number of ether oxygens (including phenoxy) is 1. The highest BCUT2D eigenvalue weighted by atomic mass is 16.5. The molecule has 1 aromatic rings. The standard InChI is InChI=1S/C16H26O/c1-5-8-9-10-17-16-14(6-2)11-13(4)12-15(16)7-3/h11-12H,5-10H2,1-4H3. The van der Waals surface area contributed by atoms with Crippen LogP contribution in [0, 0.1) is 6.92 Å². The molecule has 0 fully saturated rings. The van der Waals surface area contributed by atoms with Crippen molar-refractivity contribution < 1.29 is 4.74 Å². The van der Waals surface area contributed by atoms with E-state index in [1.165, 1.54) is 29.5 Å². The fraction of sp³-hybridized carbons (Fsp3) is 0.625. The largest absolute Gasteiger partial charge is 0.493 e. The van der Waals surface area contributed by atoms with Crippen molar-refractivity contribution in [2.45, 2.75) is 59.8 Å². The van der Waals surface area contributed by atoms with E-state index >= 15 is 0 Å². The molecule has 0 radical (unpaired) electrons. The van der Waals surface area contributed by atoms with Gasteiger partial charge in [0.2, 0.25) is 0 Å². The summed E-state index contributed by atoms with van der Waals surface area (Å²) in [5, 5.41) is 0. The second kappa shape index (κ2) is 7.37. The minimum absolute atomic E-state index is 0.858. The van der Waals surface area contributed by atoms with Gasteiger partial charge in [0.25, 0.3) is 0 Å². The van der Waals surface area contributed by atoms with Crippen LogP contribution in [0.3, 0.4) is 0 Å². The summed E-state index contributed by atoms with van der Waals surface area (Å²) in [5.74, 6) is 1.15. The maximum absolute atomic E-state index is 6.01. The molecular formula is C16H26O. The van der Waals surface area contributed by atoms with Gasteiger partial charge in [-0.25, -0.2) is 0 Å². The molecule has 96 valence electrons. The van der Waals surface area contributed by atoms with Crippen LogP contribution in [0.25, 0.3) is 0 Å². The molecule has 1 aromatic carbocycles. The first-order chi connectivity index (χ1) is 8.22. The number of unbranched alkanes of at least 4 members (excludes halogenated alkanes) is 2. The van der Waals surface area contributed by atoms with Crippen LogP contribution < -0.4 is 4.74 Å². The molecule has 0 saturated carbocycles. The molecule has 0 spiro atoms. The van der Waals surface area contributed by atoms with E-state index in [2.05, 4.69) is 39.8 Å².